The highest BCUT2D eigenvalue weighted by molar-refractivity contribution is 9.10. The monoisotopic (exact) mass is 551 g/mol. The third kappa shape index (κ3) is 5.02. The van der Waals surface area contributed by atoms with Gasteiger partial charge in [0.1, 0.15) is 11.6 Å². The Morgan fingerprint density at radius 1 is 1.22 bits per heavy atom. The number of allylic oxidation sites excluding steroid dienone is 1. The first-order valence-electron chi connectivity index (χ1n) is 11.3. The lowest BCUT2D eigenvalue weighted by molar-refractivity contribution is -0.118. The van der Waals surface area contributed by atoms with Gasteiger partial charge in [0.2, 0.25) is 11.8 Å². The molecule has 2 aromatic carbocycles. The third-order valence-corrected chi connectivity index (χ3v) is 6.24. The fourth-order valence-electron chi connectivity index (χ4n) is 4.27. The Balaban J connectivity index is 1.63. The van der Waals surface area contributed by atoms with Crippen molar-refractivity contribution in [3.8, 4) is 23.4 Å². The number of anilines is 1. The number of nitrogens with one attached hydrogen (secondary N) is 2. The molecule has 0 saturated carbocycles. The topological polar surface area (TPSA) is 135 Å². The Bertz CT molecular complexity index is 1390. The van der Waals surface area contributed by atoms with Gasteiger partial charge in [0.25, 0.3) is 5.91 Å². The van der Waals surface area contributed by atoms with Crippen molar-refractivity contribution >= 4 is 27.5 Å². The van der Waals surface area contributed by atoms with Crippen molar-refractivity contribution in [1.29, 1.82) is 5.26 Å². The van der Waals surface area contributed by atoms with Crippen LogP contribution in [0.5, 0.6) is 17.4 Å². The highest BCUT2D eigenvalue weighted by Gasteiger charge is 2.35. The highest BCUT2D eigenvalue weighted by atomic mass is 79.9. The number of ether oxygens (including phenoxy) is 3. The standard InChI is InChI=1S/C26H26BrN5O4/c1-5-34-20-10-16(23-18(11-28)25(29)36-26-22(23)15(4)31-32-26)9-19(27)24(20)35-12-21(33)30-17-7-13(2)6-14(3)8-17/h6-10,23H,5,12,29H2,1-4H3,(H,30,33)(H,31,32). The molecule has 0 aliphatic carbocycles. The number of hydrogen-bond acceptors (Lipinski definition) is 7. The first-order valence-corrected chi connectivity index (χ1v) is 12.1. The number of halogens is 1. The van der Waals surface area contributed by atoms with Crippen LogP contribution in [0.3, 0.4) is 0 Å². The molecule has 1 aliphatic rings. The number of nitrogens with two attached hydrogens (primary N) is 1. The molecule has 0 fully saturated rings. The maximum absolute atomic E-state index is 12.6. The minimum Gasteiger partial charge on any atom is -0.490 e. The van der Waals surface area contributed by atoms with Crippen molar-refractivity contribution in [2.75, 3.05) is 18.5 Å². The number of aryl methyl sites for hydroxylation is 3. The van der Waals surface area contributed by atoms with Gasteiger partial charge in [-0.1, -0.05) is 6.07 Å². The minimum absolute atomic E-state index is 0.000958. The van der Waals surface area contributed by atoms with Crippen LogP contribution in [0.1, 0.15) is 40.8 Å². The molecule has 9 nitrogen and oxygen atoms in total. The lowest BCUT2D eigenvalue weighted by Crippen LogP contribution is -2.22. The average molecular weight is 552 g/mol. The van der Waals surface area contributed by atoms with E-state index in [2.05, 4.69) is 37.5 Å². The van der Waals surface area contributed by atoms with Gasteiger partial charge in [0, 0.05) is 16.9 Å². The largest absolute Gasteiger partial charge is 0.490 e. The SMILES string of the molecule is CCOc1cc(C2C(C#N)=C(N)Oc3n[nH]c(C)c32)cc(Br)c1OCC(=O)Nc1cc(C)cc(C)c1. The summed E-state index contributed by atoms with van der Waals surface area (Å²) in [5.74, 6) is 0.304. The molecule has 1 aliphatic heterocycles. The molecule has 4 rings (SSSR count). The van der Waals surface area contributed by atoms with Gasteiger partial charge in [-0.15, -0.1) is 5.10 Å². The molecule has 1 atom stereocenters. The zero-order chi connectivity index (χ0) is 26.0. The van der Waals surface area contributed by atoms with Gasteiger partial charge in [-0.05, 0) is 84.6 Å². The van der Waals surface area contributed by atoms with Gasteiger partial charge in [-0.2, -0.15) is 5.26 Å². The fourth-order valence-corrected chi connectivity index (χ4v) is 4.85. The van der Waals surface area contributed by atoms with Crippen molar-refractivity contribution in [3.05, 3.63) is 74.2 Å². The quantitative estimate of drug-likeness (QED) is 0.386. The molecular weight excluding hydrogens is 526 g/mol. The predicted molar refractivity (Wildman–Crippen MR) is 138 cm³/mol. The molecule has 2 heterocycles. The van der Waals surface area contributed by atoms with Gasteiger partial charge < -0.3 is 25.3 Å². The van der Waals surface area contributed by atoms with Gasteiger partial charge in [-0.3, -0.25) is 9.89 Å². The zero-order valence-electron chi connectivity index (χ0n) is 20.4. The number of nitrogens with zero attached hydrogens (tertiary/aromatic N) is 2. The molecule has 186 valence electrons. The molecule has 4 N–H and O–H groups in total. The van der Waals surface area contributed by atoms with E-state index in [1.165, 1.54) is 0 Å². The molecule has 1 aromatic heterocycles. The van der Waals surface area contributed by atoms with E-state index in [1.54, 1.807) is 6.07 Å². The maximum Gasteiger partial charge on any atom is 0.262 e. The smallest absolute Gasteiger partial charge is 0.262 e. The number of rotatable bonds is 7. The molecule has 0 radical (unpaired) electrons. The minimum atomic E-state index is -0.519. The van der Waals surface area contributed by atoms with E-state index in [9.17, 15) is 10.1 Å². The van der Waals surface area contributed by atoms with Crippen LogP contribution in [0.25, 0.3) is 0 Å². The van der Waals surface area contributed by atoms with Crippen LogP contribution in [0.4, 0.5) is 5.69 Å². The maximum atomic E-state index is 12.6. The Morgan fingerprint density at radius 2 is 1.94 bits per heavy atom. The number of nitriles is 1. The summed E-state index contributed by atoms with van der Waals surface area (Å²) < 4.78 is 17.8. The van der Waals surface area contributed by atoms with Crippen molar-refractivity contribution < 1.29 is 19.0 Å². The van der Waals surface area contributed by atoms with Gasteiger partial charge in [0.05, 0.1) is 17.0 Å². The van der Waals surface area contributed by atoms with Gasteiger partial charge in [0.15, 0.2) is 18.1 Å². The summed E-state index contributed by atoms with van der Waals surface area (Å²) in [6.45, 7) is 7.79. The van der Waals surface area contributed by atoms with Crippen LogP contribution in [-0.2, 0) is 4.79 Å². The summed E-state index contributed by atoms with van der Waals surface area (Å²) in [5.41, 5.74) is 11.3. The van der Waals surface area contributed by atoms with Crippen molar-refractivity contribution in [3.63, 3.8) is 0 Å². The van der Waals surface area contributed by atoms with Crippen LogP contribution < -0.4 is 25.3 Å². The third-order valence-electron chi connectivity index (χ3n) is 5.65. The molecule has 10 heteroatoms. The Kier molecular flexibility index (Phi) is 7.22. The van der Waals surface area contributed by atoms with E-state index in [0.717, 1.165) is 27.9 Å². The van der Waals surface area contributed by atoms with Crippen molar-refractivity contribution in [1.82, 2.24) is 10.2 Å². The fraction of sp³-hybridized carbons (Fsp3) is 0.269. The zero-order valence-corrected chi connectivity index (χ0v) is 21.9. The Hall–Kier alpha value is -3.97. The van der Waals surface area contributed by atoms with Crippen molar-refractivity contribution in [2.24, 2.45) is 5.73 Å². The summed E-state index contributed by atoms with van der Waals surface area (Å²) in [6, 6.07) is 11.6. The molecule has 0 spiro atoms. The number of benzene rings is 2. The second-order valence-corrected chi connectivity index (χ2v) is 9.32. The summed E-state index contributed by atoms with van der Waals surface area (Å²) >= 11 is 3.56. The second kappa shape index (κ2) is 10.3. The molecule has 1 unspecified atom stereocenters. The second-order valence-electron chi connectivity index (χ2n) is 8.47. The van der Waals surface area contributed by atoms with Crippen LogP contribution >= 0.6 is 15.9 Å². The lowest BCUT2D eigenvalue weighted by atomic mass is 9.84. The van der Waals surface area contributed by atoms with E-state index in [-0.39, 0.29) is 24.0 Å². The lowest BCUT2D eigenvalue weighted by Gasteiger charge is -2.25. The van der Waals surface area contributed by atoms with Crippen LogP contribution in [0.15, 0.2) is 46.3 Å². The predicted octanol–water partition coefficient (Wildman–Crippen LogP) is 4.73. The van der Waals surface area contributed by atoms with E-state index in [4.69, 9.17) is 19.9 Å². The number of carbonyl (C=O) groups is 1. The number of H-pyrrole nitrogens is 1. The Morgan fingerprint density at radius 3 is 2.61 bits per heavy atom. The number of carbonyl (C=O) groups excluding carboxylic acids is 1. The van der Waals surface area contributed by atoms with E-state index in [1.807, 2.05) is 52.0 Å². The summed E-state index contributed by atoms with van der Waals surface area (Å²) in [7, 11) is 0. The highest BCUT2D eigenvalue weighted by Crippen LogP contribution is 2.46. The molecule has 0 bridgehead atoms. The van der Waals surface area contributed by atoms with Crippen LogP contribution in [0, 0.1) is 32.1 Å². The number of aromatic amines is 1. The van der Waals surface area contributed by atoms with Crippen LogP contribution in [-0.4, -0.2) is 29.3 Å². The normalized spacial score (nSPS) is 14.5. The number of hydrogen-bond donors (Lipinski definition) is 3. The summed E-state index contributed by atoms with van der Waals surface area (Å²) in [5, 5.41) is 19.7. The molecule has 0 saturated heterocycles. The van der Waals surface area contributed by atoms with Crippen molar-refractivity contribution in [2.45, 2.75) is 33.6 Å². The molecule has 1 amide bonds. The summed E-state index contributed by atoms with van der Waals surface area (Å²) in [6.07, 6.45) is 0. The van der Waals surface area contributed by atoms with Gasteiger partial charge >= 0.3 is 0 Å². The first kappa shape index (κ1) is 25.1. The van der Waals surface area contributed by atoms with E-state index < -0.39 is 5.92 Å². The summed E-state index contributed by atoms with van der Waals surface area (Å²) in [4.78, 5) is 12.6. The van der Waals surface area contributed by atoms with E-state index >= 15 is 0 Å². The number of aromatic nitrogens is 2. The molecule has 3 aromatic rings. The van der Waals surface area contributed by atoms with E-state index in [0.29, 0.717) is 34.1 Å². The molecule has 36 heavy (non-hydrogen) atoms. The average Bonchev–Trinajstić information content (AvgIpc) is 3.16. The number of amides is 1. The van der Waals surface area contributed by atoms with Gasteiger partial charge in [-0.25, -0.2) is 0 Å². The molecular formula is C26H26BrN5O4. The number of fused-ring (bicyclic) bond motifs is 1. The van der Waals surface area contributed by atoms with Crippen LogP contribution in [0.2, 0.25) is 0 Å². The Labute approximate surface area is 217 Å². The first-order chi connectivity index (χ1) is 17.2.